The van der Waals surface area contributed by atoms with Crippen LogP contribution in [-0.2, 0) is 10.8 Å². The van der Waals surface area contributed by atoms with Crippen LogP contribution < -0.4 is 11.1 Å². The number of nitrogen functional groups attached to an aromatic ring is 1. The fourth-order valence-corrected chi connectivity index (χ4v) is 3.75. The maximum atomic E-state index is 10.1. The number of nitrogens with one attached hydrogen (secondary N) is 1. The topological polar surface area (TPSA) is 166 Å². The van der Waals surface area contributed by atoms with Crippen LogP contribution in [0.2, 0.25) is 5.02 Å². The molecule has 2 aromatic heterocycles. The molecule has 4 rings (SSSR count). The lowest BCUT2D eigenvalue weighted by Gasteiger charge is -2.13. The van der Waals surface area contributed by atoms with Crippen molar-refractivity contribution >= 4 is 34.9 Å². The van der Waals surface area contributed by atoms with Crippen molar-refractivity contribution in [3.63, 3.8) is 0 Å². The fourth-order valence-electron chi connectivity index (χ4n) is 3.55. The summed E-state index contributed by atoms with van der Waals surface area (Å²) in [7, 11) is 1.82. The third-order valence-electron chi connectivity index (χ3n) is 5.25. The van der Waals surface area contributed by atoms with E-state index >= 15 is 0 Å². The van der Waals surface area contributed by atoms with Crippen molar-refractivity contribution < 1.29 is 25.2 Å². The number of benzene rings is 2. The van der Waals surface area contributed by atoms with Crippen LogP contribution in [-0.4, -0.2) is 48.1 Å². The van der Waals surface area contributed by atoms with E-state index in [4.69, 9.17) is 22.4 Å². The fraction of sp³-hybridized carbons (Fsp3) is 0.208. The van der Waals surface area contributed by atoms with Gasteiger partial charge >= 0.3 is 5.97 Å². The highest BCUT2D eigenvalue weighted by molar-refractivity contribution is 6.30. The van der Waals surface area contributed by atoms with Gasteiger partial charge in [0.25, 0.3) is 0 Å². The van der Waals surface area contributed by atoms with Gasteiger partial charge in [0.1, 0.15) is 23.1 Å². The lowest BCUT2D eigenvalue weighted by molar-refractivity contribution is -0.329. The molecule has 184 valence electrons. The number of aromatic nitrogens is 3. The molecule has 0 bridgehead atoms. The highest BCUT2D eigenvalue weighted by Crippen LogP contribution is 2.34. The van der Waals surface area contributed by atoms with E-state index < -0.39 is 12.1 Å². The number of rotatable bonds is 5. The number of carbonyl (C=O) groups excluding carboxylic acids is 1. The molecule has 0 saturated carbocycles. The maximum Gasteiger partial charge on any atom is 0.339 e. The monoisotopic (exact) mass is 499 g/mol. The second-order valence-corrected chi connectivity index (χ2v) is 8.24. The smallest absolute Gasteiger partial charge is 0.339 e. The summed E-state index contributed by atoms with van der Waals surface area (Å²) in [5.41, 5.74) is 10.5. The van der Waals surface area contributed by atoms with Gasteiger partial charge in [-0.05, 0) is 49.2 Å². The number of aliphatic hydroxyl groups excluding tert-OH is 1. The Morgan fingerprint density at radius 3 is 2.46 bits per heavy atom. The van der Waals surface area contributed by atoms with Crippen LogP contribution >= 0.6 is 11.6 Å². The van der Waals surface area contributed by atoms with Gasteiger partial charge in [-0.1, -0.05) is 29.8 Å². The number of hydrogen-bond acceptors (Lipinski definition) is 9. The number of nitrogens with zero attached hydrogens (tertiary/aromatic N) is 3. The molecule has 11 heteroatoms. The van der Waals surface area contributed by atoms with Crippen LogP contribution in [0.25, 0.3) is 16.8 Å². The van der Waals surface area contributed by atoms with E-state index in [0.717, 1.165) is 16.8 Å². The second-order valence-electron chi connectivity index (χ2n) is 7.80. The Kier molecular flexibility index (Phi) is 7.73. The zero-order valence-electron chi connectivity index (χ0n) is 19.3. The maximum absolute atomic E-state index is 10.1. The Balaban J connectivity index is 0.000000261. The molecule has 0 amide bonds. The Morgan fingerprint density at radius 2 is 1.89 bits per heavy atom. The minimum atomic E-state index is -3.10. The van der Waals surface area contributed by atoms with Crippen molar-refractivity contribution in [1.82, 2.24) is 14.4 Å². The SMILES string of the molecule is CNc1ccc(-c2nc(C(O)(O)O)n3c(C)cnc(N)c23)c(C)c1.O=CC(O)c1cccc(Cl)c1. The first-order chi connectivity index (χ1) is 16.5. The predicted octanol–water partition coefficient (Wildman–Crippen LogP) is 2.30. The van der Waals surface area contributed by atoms with Gasteiger partial charge in [-0.3, -0.25) is 4.40 Å². The van der Waals surface area contributed by atoms with Gasteiger partial charge in [0.05, 0.1) is 0 Å². The van der Waals surface area contributed by atoms with E-state index in [-0.39, 0.29) is 11.6 Å². The molecular weight excluding hydrogens is 474 g/mol. The summed E-state index contributed by atoms with van der Waals surface area (Å²) in [5, 5.41) is 41.6. The van der Waals surface area contributed by atoms with Crippen LogP contribution in [0.3, 0.4) is 0 Å². The summed E-state index contributed by atoms with van der Waals surface area (Å²) in [6, 6.07) is 12.2. The lowest BCUT2D eigenvalue weighted by Crippen LogP contribution is -2.27. The zero-order valence-corrected chi connectivity index (χ0v) is 20.0. The molecule has 10 nitrogen and oxygen atoms in total. The van der Waals surface area contributed by atoms with Crippen molar-refractivity contribution in [1.29, 1.82) is 0 Å². The molecule has 2 aromatic carbocycles. The van der Waals surface area contributed by atoms with Gasteiger partial charge < -0.3 is 36.3 Å². The molecular formula is C24H26ClN5O5. The van der Waals surface area contributed by atoms with Gasteiger partial charge in [-0.25, -0.2) is 9.97 Å². The van der Waals surface area contributed by atoms with E-state index in [9.17, 15) is 20.1 Å². The average Bonchev–Trinajstić information content (AvgIpc) is 3.23. The first kappa shape index (κ1) is 26.1. The lowest BCUT2D eigenvalue weighted by atomic mass is 10.0. The largest absolute Gasteiger partial charge is 0.388 e. The summed E-state index contributed by atoms with van der Waals surface area (Å²) >= 11 is 5.62. The van der Waals surface area contributed by atoms with Gasteiger partial charge in [0.2, 0.25) is 5.82 Å². The molecule has 2 heterocycles. The molecule has 0 aliphatic heterocycles. The Hall–Kier alpha value is -3.54. The summed E-state index contributed by atoms with van der Waals surface area (Å²) in [5.74, 6) is -3.26. The van der Waals surface area contributed by atoms with E-state index in [1.807, 2.05) is 32.2 Å². The number of imidazole rings is 1. The van der Waals surface area contributed by atoms with Crippen molar-refractivity contribution in [2.75, 3.05) is 18.1 Å². The number of fused-ring (bicyclic) bond motifs is 1. The standard InChI is InChI=1S/C16H19N5O3.C8H7ClO2/c1-8-6-10(18-3)4-5-11(8)12-13-14(17)19-7-9(2)21(13)15(20-12)16(22,23)24;9-7-3-1-2-6(4-7)8(11)5-10/h4-7,18,22-24H,1-3H3,(H2,17,19);1-5,8,11H. The molecule has 0 fully saturated rings. The van der Waals surface area contributed by atoms with Crippen LogP contribution in [0.1, 0.15) is 28.7 Å². The third kappa shape index (κ3) is 5.59. The Morgan fingerprint density at radius 1 is 1.17 bits per heavy atom. The van der Waals surface area contributed by atoms with Crippen molar-refractivity contribution in [3.05, 3.63) is 76.3 Å². The minimum absolute atomic E-state index is 0.177. The number of aliphatic hydroxyl groups is 4. The molecule has 4 aromatic rings. The molecule has 0 spiro atoms. The van der Waals surface area contributed by atoms with Gasteiger partial charge in [-0.15, -0.1) is 0 Å². The van der Waals surface area contributed by atoms with Gasteiger partial charge in [0.15, 0.2) is 6.29 Å². The highest BCUT2D eigenvalue weighted by Gasteiger charge is 2.32. The molecule has 1 atom stereocenters. The van der Waals surface area contributed by atoms with Crippen LogP contribution in [0, 0.1) is 13.8 Å². The predicted molar refractivity (Wildman–Crippen MR) is 133 cm³/mol. The van der Waals surface area contributed by atoms with Crippen molar-refractivity contribution in [2.24, 2.45) is 0 Å². The minimum Gasteiger partial charge on any atom is -0.388 e. The molecule has 0 aliphatic carbocycles. The molecule has 0 aliphatic rings. The summed E-state index contributed by atoms with van der Waals surface area (Å²) in [4.78, 5) is 18.5. The van der Waals surface area contributed by atoms with Crippen molar-refractivity contribution in [2.45, 2.75) is 25.9 Å². The van der Waals surface area contributed by atoms with Gasteiger partial charge in [0, 0.05) is 35.2 Å². The number of aldehydes is 1. The molecule has 1 unspecified atom stereocenters. The first-order valence-corrected chi connectivity index (χ1v) is 10.8. The number of aryl methyl sites for hydroxylation is 2. The number of hydrogen-bond donors (Lipinski definition) is 6. The normalized spacial score (nSPS) is 12.1. The number of halogens is 1. The van der Waals surface area contributed by atoms with E-state index in [2.05, 4.69) is 15.3 Å². The van der Waals surface area contributed by atoms with Gasteiger partial charge in [-0.2, -0.15) is 0 Å². The highest BCUT2D eigenvalue weighted by atomic mass is 35.5. The van der Waals surface area contributed by atoms with E-state index in [1.165, 1.54) is 10.6 Å². The quantitative estimate of drug-likeness (QED) is 0.178. The Labute approximate surface area is 206 Å². The molecule has 0 radical (unpaired) electrons. The summed E-state index contributed by atoms with van der Waals surface area (Å²) in [6.07, 6.45) is 0.875. The van der Waals surface area contributed by atoms with E-state index in [1.54, 1.807) is 31.2 Å². The molecule has 35 heavy (non-hydrogen) atoms. The van der Waals surface area contributed by atoms with Crippen LogP contribution in [0.15, 0.2) is 48.7 Å². The Bertz CT molecular complexity index is 1370. The van der Waals surface area contributed by atoms with Crippen LogP contribution in [0.4, 0.5) is 11.5 Å². The summed E-state index contributed by atoms with van der Waals surface area (Å²) in [6.45, 7) is 3.61. The summed E-state index contributed by atoms with van der Waals surface area (Å²) < 4.78 is 1.39. The number of nitrogens with two attached hydrogens (primary N) is 1. The molecule has 7 N–H and O–H groups in total. The average molecular weight is 500 g/mol. The van der Waals surface area contributed by atoms with Crippen molar-refractivity contribution in [3.8, 4) is 11.3 Å². The second kappa shape index (κ2) is 10.4. The number of carbonyl (C=O) groups is 1. The third-order valence-corrected chi connectivity index (χ3v) is 5.49. The number of anilines is 2. The van der Waals surface area contributed by atoms with E-state index in [0.29, 0.717) is 33.8 Å². The first-order valence-electron chi connectivity index (χ1n) is 10.5. The zero-order chi connectivity index (χ0) is 25.9. The molecule has 0 saturated heterocycles. The van der Waals surface area contributed by atoms with Crippen LogP contribution in [0.5, 0.6) is 0 Å².